The highest BCUT2D eigenvalue weighted by molar-refractivity contribution is 9.10. The number of halogens is 1. The summed E-state index contributed by atoms with van der Waals surface area (Å²) >= 11 is 3.53. The fourth-order valence-electron chi connectivity index (χ4n) is 2.20. The number of nitriles is 1. The van der Waals surface area contributed by atoms with Crippen LogP contribution < -0.4 is 9.88 Å². The molecule has 1 fully saturated rings. The number of ether oxygens (including phenoxy) is 2. The van der Waals surface area contributed by atoms with Crippen LogP contribution in [0.4, 0.5) is 5.82 Å². The minimum absolute atomic E-state index is 0.413. The zero-order valence-electron chi connectivity index (χ0n) is 11.1. The van der Waals surface area contributed by atoms with Crippen LogP contribution in [0.15, 0.2) is 4.47 Å². The molecular weight excluding hydrogens is 310 g/mol. The summed E-state index contributed by atoms with van der Waals surface area (Å²) in [4.78, 5) is 5.46. The van der Waals surface area contributed by atoms with E-state index >= 15 is 0 Å². The SMILES string of the molecule is COCc1c(Br)c(C)[nH+]c(N2CCOCC2)c1C#N. The molecule has 0 amide bonds. The van der Waals surface area contributed by atoms with Crippen molar-refractivity contribution in [1.82, 2.24) is 0 Å². The van der Waals surface area contributed by atoms with Crippen molar-refractivity contribution < 1.29 is 14.5 Å². The van der Waals surface area contributed by atoms with Crippen molar-refractivity contribution in [2.75, 3.05) is 38.3 Å². The van der Waals surface area contributed by atoms with Crippen molar-refractivity contribution in [3.05, 3.63) is 21.3 Å². The van der Waals surface area contributed by atoms with Crippen LogP contribution in [0.1, 0.15) is 16.8 Å². The zero-order chi connectivity index (χ0) is 13.8. The van der Waals surface area contributed by atoms with Gasteiger partial charge in [-0.05, 0) is 22.9 Å². The maximum atomic E-state index is 9.47. The quantitative estimate of drug-likeness (QED) is 0.843. The average Bonchev–Trinajstić information content (AvgIpc) is 2.45. The lowest BCUT2D eigenvalue weighted by Gasteiger charge is -2.23. The molecule has 0 aliphatic carbocycles. The van der Waals surface area contributed by atoms with Crippen molar-refractivity contribution in [3.63, 3.8) is 0 Å². The number of nitrogens with one attached hydrogen (secondary N) is 1. The van der Waals surface area contributed by atoms with Gasteiger partial charge in [-0.3, -0.25) is 4.90 Å². The molecule has 0 aromatic carbocycles. The van der Waals surface area contributed by atoms with Crippen molar-refractivity contribution in [3.8, 4) is 6.07 Å². The molecule has 1 aliphatic rings. The van der Waals surface area contributed by atoms with Crippen LogP contribution in [-0.4, -0.2) is 33.4 Å². The van der Waals surface area contributed by atoms with Crippen LogP contribution in [0.3, 0.4) is 0 Å². The van der Waals surface area contributed by atoms with Gasteiger partial charge in [0, 0.05) is 12.7 Å². The van der Waals surface area contributed by atoms with Gasteiger partial charge in [-0.25, -0.2) is 4.98 Å². The summed E-state index contributed by atoms with van der Waals surface area (Å²) in [7, 11) is 1.63. The first-order valence-corrected chi connectivity index (χ1v) is 6.94. The number of rotatable bonds is 3. The third-order valence-corrected chi connectivity index (χ3v) is 4.24. The summed E-state index contributed by atoms with van der Waals surface area (Å²) in [5.41, 5.74) is 2.52. The largest absolute Gasteiger partial charge is 0.380 e. The minimum Gasteiger partial charge on any atom is -0.380 e. The second-order valence-electron chi connectivity index (χ2n) is 4.41. The lowest BCUT2D eigenvalue weighted by Crippen LogP contribution is -2.40. The Morgan fingerprint density at radius 2 is 2.16 bits per heavy atom. The van der Waals surface area contributed by atoms with Gasteiger partial charge >= 0.3 is 0 Å². The van der Waals surface area contributed by atoms with E-state index in [1.54, 1.807) is 7.11 Å². The Morgan fingerprint density at radius 3 is 2.74 bits per heavy atom. The first kappa shape index (κ1) is 14.3. The summed E-state index contributed by atoms with van der Waals surface area (Å²) in [6.45, 7) is 5.35. The molecule has 6 heteroatoms. The number of anilines is 1. The van der Waals surface area contributed by atoms with Gasteiger partial charge in [-0.2, -0.15) is 5.26 Å². The molecule has 0 spiro atoms. The molecule has 0 radical (unpaired) electrons. The minimum atomic E-state index is 0.413. The molecule has 19 heavy (non-hydrogen) atoms. The van der Waals surface area contributed by atoms with Gasteiger partial charge in [-0.15, -0.1) is 0 Å². The lowest BCUT2D eigenvalue weighted by molar-refractivity contribution is -0.375. The van der Waals surface area contributed by atoms with E-state index in [9.17, 15) is 5.26 Å². The van der Waals surface area contributed by atoms with Gasteiger partial charge in [0.2, 0.25) is 0 Å². The highest BCUT2D eigenvalue weighted by Gasteiger charge is 2.27. The predicted octanol–water partition coefficient (Wildman–Crippen LogP) is 1.43. The molecular formula is C13H17BrN3O2+. The maximum Gasteiger partial charge on any atom is 0.293 e. The normalized spacial score (nSPS) is 15.4. The molecule has 1 saturated heterocycles. The topological polar surface area (TPSA) is 59.6 Å². The van der Waals surface area contributed by atoms with E-state index in [1.165, 1.54) is 0 Å². The first-order chi connectivity index (χ1) is 9.19. The number of aryl methyl sites for hydroxylation is 1. The number of methoxy groups -OCH3 is 1. The van der Waals surface area contributed by atoms with Crippen molar-refractivity contribution >= 4 is 21.7 Å². The Labute approximate surface area is 121 Å². The monoisotopic (exact) mass is 326 g/mol. The third kappa shape index (κ3) is 2.89. The number of H-pyrrole nitrogens is 1. The van der Waals surface area contributed by atoms with E-state index in [2.05, 4.69) is 31.9 Å². The number of aromatic amines is 1. The van der Waals surface area contributed by atoms with Crippen molar-refractivity contribution in [1.29, 1.82) is 5.26 Å². The summed E-state index contributed by atoms with van der Waals surface area (Å²) in [5.74, 6) is 0.860. The number of nitrogens with zero attached hydrogens (tertiary/aromatic N) is 2. The first-order valence-electron chi connectivity index (χ1n) is 6.15. The van der Waals surface area contributed by atoms with Crippen molar-refractivity contribution in [2.45, 2.75) is 13.5 Å². The highest BCUT2D eigenvalue weighted by Crippen LogP contribution is 2.28. The fraction of sp³-hybridized carbons (Fsp3) is 0.538. The smallest absolute Gasteiger partial charge is 0.293 e. The Morgan fingerprint density at radius 1 is 1.47 bits per heavy atom. The summed E-state index contributed by atoms with van der Waals surface area (Å²) < 4.78 is 11.5. The standard InChI is InChI=1S/C13H16BrN3O2/c1-9-12(14)11(8-18-2)10(7-15)13(16-9)17-3-5-19-6-4-17/h3-6,8H2,1-2H3/p+1. The van der Waals surface area contributed by atoms with Crippen LogP contribution in [-0.2, 0) is 16.1 Å². The predicted molar refractivity (Wildman–Crippen MR) is 73.9 cm³/mol. The van der Waals surface area contributed by atoms with Crippen LogP contribution in [0.5, 0.6) is 0 Å². The van der Waals surface area contributed by atoms with Crippen LogP contribution in [0, 0.1) is 18.3 Å². The fourth-order valence-corrected chi connectivity index (χ4v) is 2.61. The van der Waals surface area contributed by atoms with Crippen molar-refractivity contribution in [2.24, 2.45) is 0 Å². The maximum absolute atomic E-state index is 9.47. The second kappa shape index (κ2) is 6.33. The summed E-state index contributed by atoms with van der Waals surface area (Å²) in [5, 5.41) is 9.47. The molecule has 0 atom stereocenters. The van der Waals surface area contributed by atoms with Crippen LogP contribution >= 0.6 is 15.9 Å². The van der Waals surface area contributed by atoms with Gasteiger partial charge in [0.25, 0.3) is 5.82 Å². The van der Waals surface area contributed by atoms with Gasteiger partial charge < -0.3 is 9.47 Å². The molecule has 1 N–H and O–H groups in total. The Kier molecular flexibility index (Phi) is 4.75. The number of hydrogen-bond acceptors (Lipinski definition) is 4. The van der Waals surface area contributed by atoms with E-state index in [0.29, 0.717) is 25.4 Å². The molecule has 5 nitrogen and oxygen atoms in total. The molecule has 102 valence electrons. The highest BCUT2D eigenvalue weighted by atomic mass is 79.9. The number of hydrogen-bond donors (Lipinski definition) is 0. The summed E-state index contributed by atoms with van der Waals surface area (Å²) in [6, 6.07) is 2.29. The van der Waals surface area contributed by atoms with Gasteiger partial charge in [0.05, 0.1) is 24.3 Å². The molecule has 2 heterocycles. The molecule has 0 saturated carbocycles. The van der Waals surface area contributed by atoms with Gasteiger partial charge in [0.15, 0.2) is 0 Å². The molecule has 1 aliphatic heterocycles. The Bertz CT molecular complexity index is 508. The average molecular weight is 327 g/mol. The summed E-state index contributed by atoms with van der Waals surface area (Å²) in [6.07, 6.45) is 0. The molecule has 2 rings (SSSR count). The number of morpholine rings is 1. The van der Waals surface area contributed by atoms with E-state index < -0.39 is 0 Å². The zero-order valence-corrected chi connectivity index (χ0v) is 12.7. The Balaban J connectivity index is 2.50. The van der Waals surface area contributed by atoms with Crippen LogP contribution in [0.2, 0.25) is 0 Å². The molecule has 0 unspecified atom stereocenters. The van der Waals surface area contributed by atoms with E-state index in [0.717, 1.165) is 34.6 Å². The lowest BCUT2D eigenvalue weighted by atomic mass is 10.1. The van der Waals surface area contributed by atoms with E-state index in [-0.39, 0.29) is 0 Å². The third-order valence-electron chi connectivity index (χ3n) is 3.17. The van der Waals surface area contributed by atoms with Gasteiger partial charge in [0.1, 0.15) is 30.4 Å². The second-order valence-corrected chi connectivity index (χ2v) is 5.20. The molecule has 1 aromatic heterocycles. The molecule has 1 aromatic rings. The Hall–Kier alpha value is -1.16. The van der Waals surface area contributed by atoms with E-state index in [4.69, 9.17) is 9.47 Å². The van der Waals surface area contributed by atoms with Gasteiger partial charge in [-0.1, -0.05) is 0 Å². The number of aromatic nitrogens is 1. The molecule has 0 bridgehead atoms. The van der Waals surface area contributed by atoms with E-state index in [1.807, 2.05) is 6.92 Å². The number of pyridine rings is 1. The van der Waals surface area contributed by atoms with Crippen LogP contribution in [0.25, 0.3) is 0 Å².